The van der Waals surface area contributed by atoms with Crippen molar-refractivity contribution >= 4 is 5.97 Å². The molecule has 0 bridgehead atoms. The summed E-state index contributed by atoms with van der Waals surface area (Å²) in [6, 6.07) is 7.82. The van der Waals surface area contributed by atoms with E-state index in [4.69, 9.17) is 14.2 Å². The highest BCUT2D eigenvalue weighted by Crippen LogP contribution is 2.24. The van der Waals surface area contributed by atoms with Gasteiger partial charge in [-0.1, -0.05) is 53.7 Å². The lowest BCUT2D eigenvalue weighted by Crippen LogP contribution is -2.34. The first-order valence-electron chi connectivity index (χ1n) is 7.95. The molecular formula is C19H30O4. The molecule has 1 aromatic carbocycles. The molecule has 1 atom stereocenters. The predicted molar refractivity (Wildman–Crippen MR) is 91.4 cm³/mol. The van der Waals surface area contributed by atoms with Crippen LogP contribution in [0.4, 0.5) is 0 Å². The lowest BCUT2D eigenvalue weighted by atomic mass is 9.88. The molecule has 130 valence electrons. The summed E-state index contributed by atoms with van der Waals surface area (Å²) in [6.07, 6.45) is 0.406. The number of methoxy groups -OCH3 is 1. The molecule has 0 radical (unpaired) electrons. The summed E-state index contributed by atoms with van der Waals surface area (Å²) in [5, 5.41) is 0. The van der Waals surface area contributed by atoms with E-state index in [9.17, 15) is 4.79 Å². The van der Waals surface area contributed by atoms with Gasteiger partial charge in [-0.3, -0.25) is 0 Å². The molecule has 1 aromatic rings. The van der Waals surface area contributed by atoms with Crippen molar-refractivity contribution in [1.82, 2.24) is 0 Å². The molecule has 0 aliphatic heterocycles. The van der Waals surface area contributed by atoms with Crippen molar-refractivity contribution in [2.45, 2.75) is 54.3 Å². The van der Waals surface area contributed by atoms with E-state index in [2.05, 4.69) is 20.8 Å². The minimum Gasteiger partial charge on any atom is -0.482 e. The third-order valence-corrected chi connectivity index (χ3v) is 3.17. The van der Waals surface area contributed by atoms with Gasteiger partial charge in [0.1, 0.15) is 5.75 Å². The Labute approximate surface area is 140 Å². The first-order chi connectivity index (χ1) is 10.5. The summed E-state index contributed by atoms with van der Waals surface area (Å²) in [7, 11) is 1.53. The van der Waals surface area contributed by atoms with Crippen molar-refractivity contribution in [2.24, 2.45) is 10.8 Å². The zero-order valence-electron chi connectivity index (χ0n) is 15.4. The Morgan fingerprint density at radius 2 is 1.61 bits per heavy atom. The largest absolute Gasteiger partial charge is 0.482 e. The van der Waals surface area contributed by atoms with Crippen LogP contribution in [0.15, 0.2) is 24.3 Å². The van der Waals surface area contributed by atoms with Crippen molar-refractivity contribution in [3.8, 4) is 5.75 Å². The van der Waals surface area contributed by atoms with Gasteiger partial charge < -0.3 is 14.2 Å². The molecular weight excluding hydrogens is 292 g/mol. The van der Waals surface area contributed by atoms with Crippen molar-refractivity contribution in [3.63, 3.8) is 0 Å². The standard InChI is InChI=1S/C19H30O4/c1-18(2,3)12-14-8-10-15(11-9-14)22-13-16(20)23-17(21-7)19(4,5)6/h8-11,17H,12-13H2,1-7H3. The van der Waals surface area contributed by atoms with Crippen LogP contribution in [0.1, 0.15) is 47.1 Å². The van der Waals surface area contributed by atoms with Gasteiger partial charge in [-0.15, -0.1) is 0 Å². The van der Waals surface area contributed by atoms with Crippen LogP contribution in [0.3, 0.4) is 0 Å². The van der Waals surface area contributed by atoms with Crippen molar-refractivity contribution in [1.29, 1.82) is 0 Å². The van der Waals surface area contributed by atoms with Gasteiger partial charge in [-0.05, 0) is 29.5 Å². The highest BCUT2D eigenvalue weighted by atomic mass is 16.7. The van der Waals surface area contributed by atoms with Gasteiger partial charge in [0.15, 0.2) is 6.61 Å². The molecule has 0 aliphatic carbocycles. The molecule has 4 nitrogen and oxygen atoms in total. The van der Waals surface area contributed by atoms with Gasteiger partial charge in [0, 0.05) is 12.5 Å². The summed E-state index contributed by atoms with van der Waals surface area (Å²) in [4.78, 5) is 11.9. The normalized spacial score (nSPS) is 13.5. The van der Waals surface area contributed by atoms with Crippen LogP contribution in [-0.2, 0) is 20.7 Å². The zero-order valence-corrected chi connectivity index (χ0v) is 15.4. The molecule has 1 unspecified atom stereocenters. The molecule has 0 heterocycles. The smallest absolute Gasteiger partial charge is 0.346 e. The molecule has 0 N–H and O–H groups in total. The van der Waals surface area contributed by atoms with Crippen LogP contribution < -0.4 is 4.74 Å². The Morgan fingerprint density at radius 1 is 1.04 bits per heavy atom. The molecule has 0 fully saturated rings. The number of hydrogen-bond acceptors (Lipinski definition) is 4. The third kappa shape index (κ3) is 7.51. The third-order valence-electron chi connectivity index (χ3n) is 3.17. The first-order valence-corrected chi connectivity index (χ1v) is 7.95. The lowest BCUT2D eigenvalue weighted by Gasteiger charge is -2.28. The van der Waals surface area contributed by atoms with Crippen molar-refractivity contribution < 1.29 is 19.0 Å². The maximum Gasteiger partial charge on any atom is 0.346 e. The molecule has 0 spiro atoms. The topological polar surface area (TPSA) is 44.8 Å². The second-order valence-corrected chi connectivity index (χ2v) is 8.09. The summed E-state index contributed by atoms with van der Waals surface area (Å²) < 4.78 is 16.0. The van der Waals surface area contributed by atoms with E-state index < -0.39 is 12.3 Å². The summed E-state index contributed by atoms with van der Waals surface area (Å²) >= 11 is 0. The fourth-order valence-electron chi connectivity index (χ4n) is 2.19. The summed E-state index contributed by atoms with van der Waals surface area (Å²) in [5.74, 6) is 0.217. The SMILES string of the molecule is COC(OC(=O)COc1ccc(CC(C)(C)C)cc1)C(C)(C)C. The van der Waals surface area contributed by atoms with Gasteiger partial charge in [0.05, 0.1) is 0 Å². The highest BCUT2D eigenvalue weighted by Gasteiger charge is 2.28. The maximum atomic E-state index is 11.9. The van der Waals surface area contributed by atoms with Crippen LogP contribution in [0.5, 0.6) is 5.75 Å². The van der Waals surface area contributed by atoms with Gasteiger partial charge in [-0.25, -0.2) is 4.79 Å². The van der Waals surface area contributed by atoms with Gasteiger partial charge in [-0.2, -0.15) is 0 Å². The molecule has 23 heavy (non-hydrogen) atoms. The van der Waals surface area contributed by atoms with Gasteiger partial charge in [0.2, 0.25) is 6.29 Å². The van der Waals surface area contributed by atoms with Crippen LogP contribution in [-0.4, -0.2) is 26.0 Å². The zero-order chi connectivity index (χ0) is 17.7. The van der Waals surface area contributed by atoms with E-state index in [1.54, 1.807) is 0 Å². The highest BCUT2D eigenvalue weighted by molar-refractivity contribution is 5.71. The van der Waals surface area contributed by atoms with Gasteiger partial charge in [0.25, 0.3) is 0 Å². The monoisotopic (exact) mass is 322 g/mol. The lowest BCUT2D eigenvalue weighted by molar-refractivity contribution is -0.197. The fraction of sp³-hybridized carbons (Fsp3) is 0.632. The van der Waals surface area contributed by atoms with E-state index in [0.29, 0.717) is 5.75 Å². The molecule has 0 saturated carbocycles. The summed E-state index contributed by atoms with van der Waals surface area (Å²) in [6.45, 7) is 12.3. The Hall–Kier alpha value is -1.55. The minimum absolute atomic E-state index is 0.130. The molecule has 0 saturated heterocycles. The molecule has 4 heteroatoms. The average Bonchev–Trinajstić information content (AvgIpc) is 2.41. The van der Waals surface area contributed by atoms with Crippen LogP contribution in [0.2, 0.25) is 0 Å². The molecule has 0 aromatic heterocycles. The van der Waals surface area contributed by atoms with E-state index >= 15 is 0 Å². The molecule has 0 aliphatic rings. The second-order valence-electron chi connectivity index (χ2n) is 8.09. The van der Waals surface area contributed by atoms with E-state index in [-0.39, 0.29) is 17.4 Å². The Bertz CT molecular complexity index is 492. The van der Waals surface area contributed by atoms with Crippen LogP contribution in [0, 0.1) is 10.8 Å². The van der Waals surface area contributed by atoms with E-state index in [1.807, 2.05) is 45.0 Å². The fourth-order valence-corrected chi connectivity index (χ4v) is 2.19. The second kappa shape index (κ2) is 7.82. The maximum absolute atomic E-state index is 11.9. The first kappa shape index (κ1) is 19.5. The molecule has 1 rings (SSSR count). The van der Waals surface area contributed by atoms with Crippen molar-refractivity contribution in [2.75, 3.05) is 13.7 Å². The average molecular weight is 322 g/mol. The number of hydrogen-bond donors (Lipinski definition) is 0. The number of carbonyl (C=O) groups excluding carboxylic acids is 1. The molecule has 0 amide bonds. The number of rotatable bonds is 6. The Balaban J connectivity index is 2.50. The number of benzene rings is 1. The van der Waals surface area contributed by atoms with E-state index in [0.717, 1.165) is 6.42 Å². The van der Waals surface area contributed by atoms with Crippen LogP contribution >= 0.6 is 0 Å². The quantitative estimate of drug-likeness (QED) is 0.581. The minimum atomic E-state index is -0.590. The number of esters is 1. The Morgan fingerprint density at radius 3 is 2.04 bits per heavy atom. The van der Waals surface area contributed by atoms with Crippen molar-refractivity contribution in [3.05, 3.63) is 29.8 Å². The predicted octanol–water partition coefficient (Wildman–Crippen LogP) is 4.22. The summed E-state index contributed by atoms with van der Waals surface area (Å²) in [5.41, 5.74) is 1.22. The van der Waals surface area contributed by atoms with E-state index in [1.165, 1.54) is 12.7 Å². The number of carbonyl (C=O) groups is 1. The number of ether oxygens (including phenoxy) is 3. The van der Waals surface area contributed by atoms with Gasteiger partial charge >= 0.3 is 5.97 Å². The van der Waals surface area contributed by atoms with Crippen LogP contribution in [0.25, 0.3) is 0 Å². The Kier molecular flexibility index (Phi) is 6.63.